The first-order valence-corrected chi connectivity index (χ1v) is 6.23. The molecular weight excluding hydrogens is 220 g/mol. The molecule has 1 atom stereocenters. The van der Waals surface area contributed by atoms with Crippen LogP contribution in [-0.4, -0.2) is 23.9 Å². The molecule has 0 aliphatic carbocycles. The van der Waals surface area contributed by atoms with Crippen molar-refractivity contribution in [2.45, 2.75) is 33.4 Å². The maximum absolute atomic E-state index is 12.0. The Kier molecular flexibility index (Phi) is 4.10. The van der Waals surface area contributed by atoms with Crippen LogP contribution in [0.25, 0.3) is 0 Å². The van der Waals surface area contributed by atoms with E-state index in [2.05, 4.69) is 0 Å². The summed E-state index contributed by atoms with van der Waals surface area (Å²) in [6, 6.07) is 3.57. The zero-order valence-corrected chi connectivity index (χ0v) is 11.2. The highest BCUT2D eigenvalue weighted by Gasteiger charge is 2.29. The zero-order valence-electron chi connectivity index (χ0n) is 10.4. The van der Waals surface area contributed by atoms with Crippen molar-refractivity contribution in [2.75, 3.05) is 7.05 Å². The first-order chi connectivity index (χ1) is 7.32. The van der Waals surface area contributed by atoms with Crippen LogP contribution < -0.4 is 5.73 Å². The third-order valence-corrected chi connectivity index (χ3v) is 3.41. The van der Waals surface area contributed by atoms with Gasteiger partial charge < -0.3 is 10.6 Å². The number of carbonyl (C=O) groups is 1. The molecule has 0 fully saturated rings. The second kappa shape index (κ2) is 4.97. The van der Waals surface area contributed by atoms with Crippen LogP contribution in [0.3, 0.4) is 0 Å². The summed E-state index contributed by atoms with van der Waals surface area (Å²) in [5.41, 5.74) is 5.74. The van der Waals surface area contributed by atoms with Crippen molar-refractivity contribution in [2.24, 2.45) is 11.1 Å². The number of thiophene rings is 1. The topological polar surface area (TPSA) is 46.3 Å². The van der Waals surface area contributed by atoms with E-state index in [9.17, 15) is 4.79 Å². The molecule has 0 spiro atoms. The van der Waals surface area contributed by atoms with E-state index in [4.69, 9.17) is 5.73 Å². The summed E-state index contributed by atoms with van der Waals surface area (Å²) < 4.78 is 0. The van der Waals surface area contributed by atoms with Gasteiger partial charge in [0.25, 0.3) is 0 Å². The molecular formula is C12H20N2OS. The van der Waals surface area contributed by atoms with Crippen molar-refractivity contribution < 1.29 is 4.79 Å². The second-order valence-electron chi connectivity index (χ2n) is 5.12. The lowest BCUT2D eigenvalue weighted by atomic mass is 9.86. The molecule has 90 valence electrons. The lowest BCUT2D eigenvalue weighted by Gasteiger charge is -2.29. The molecule has 1 rings (SSSR count). The van der Waals surface area contributed by atoms with E-state index in [0.717, 1.165) is 0 Å². The Hall–Kier alpha value is -0.870. The Morgan fingerprint density at radius 1 is 1.56 bits per heavy atom. The molecule has 0 aliphatic rings. The summed E-state index contributed by atoms with van der Waals surface area (Å²) in [7, 11) is 1.80. The highest BCUT2D eigenvalue weighted by molar-refractivity contribution is 7.09. The number of nitrogens with two attached hydrogens (primary N) is 1. The summed E-state index contributed by atoms with van der Waals surface area (Å²) in [4.78, 5) is 14.9. The zero-order chi connectivity index (χ0) is 12.3. The molecule has 0 radical (unpaired) electrons. The van der Waals surface area contributed by atoms with Gasteiger partial charge in [0.05, 0.1) is 12.6 Å². The number of amides is 1. The number of carbonyl (C=O) groups excluding carboxylic acids is 1. The highest BCUT2D eigenvalue weighted by atomic mass is 32.1. The average Bonchev–Trinajstić information content (AvgIpc) is 2.66. The van der Waals surface area contributed by atoms with Crippen LogP contribution in [-0.2, 0) is 11.3 Å². The minimum absolute atomic E-state index is 0.000833. The molecule has 0 unspecified atom stereocenters. The van der Waals surface area contributed by atoms with Gasteiger partial charge in [-0.3, -0.25) is 4.79 Å². The molecule has 1 amide bonds. The first kappa shape index (κ1) is 13.2. The van der Waals surface area contributed by atoms with Crippen molar-refractivity contribution in [3.63, 3.8) is 0 Å². The predicted octanol–water partition coefficient (Wildman–Crippen LogP) is 2.08. The molecule has 0 bridgehead atoms. The Bertz CT molecular complexity index is 340. The molecule has 3 nitrogen and oxygen atoms in total. The third kappa shape index (κ3) is 3.32. The Labute approximate surface area is 101 Å². The Morgan fingerprint density at radius 3 is 2.62 bits per heavy atom. The Morgan fingerprint density at radius 2 is 2.19 bits per heavy atom. The van der Waals surface area contributed by atoms with Crippen molar-refractivity contribution in [1.29, 1.82) is 0 Å². The lowest BCUT2D eigenvalue weighted by molar-refractivity contribution is -0.134. The predicted molar refractivity (Wildman–Crippen MR) is 68.2 cm³/mol. The Balaban J connectivity index is 2.61. The molecule has 0 aliphatic heterocycles. The van der Waals surface area contributed by atoms with Gasteiger partial charge in [-0.2, -0.15) is 0 Å². The fourth-order valence-corrected chi connectivity index (χ4v) is 2.08. The van der Waals surface area contributed by atoms with Crippen LogP contribution in [0.2, 0.25) is 0 Å². The SMILES string of the molecule is CN(Cc1cccs1)C(=O)[C@H](N)C(C)(C)C. The van der Waals surface area contributed by atoms with Crippen LogP contribution in [0.4, 0.5) is 0 Å². The quantitative estimate of drug-likeness (QED) is 0.879. The molecule has 0 saturated carbocycles. The van der Waals surface area contributed by atoms with Gasteiger partial charge in [0.15, 0.2) is 0 Å². The number of likely N-dealkylation sites (N-methyl/N-ethyl adjacent to an activating group) is 1. The van der Waals surface area contributed by atoms with E-state index in [1.54, 1.807) is 23.3 Å². The van der Waals surface area contributed by atoms with E-state index in [1.165, 1.54) is 4.88 Å². The average molecular weight is 240 g/mol. The van der Waals surface area contributed by atoms with Gasteiger partial charge in [-0.05, 0) is 16.9 Å². The van der Waals surface area contributed by atoms with Crippen LogP contribution in [0, 0.1) is 5.41 Å². The fourth-order valence-electron chi connectivity index (χ4n) is 1.32. The largest absolute Gasteiger partial charge is 0.339 e. The molecule has 1 aromatic rings. The van der Waals surface area contributed by atoms with E-state index in [1.807, 2.05) is 38.3 Å². The number of rotatable bonds is 3. The monoisotopic (exact) mass is 240 g/mol. The maximum atomic E-state index is 12.0. The lowest BCUT2D eigenvalue weighted by Crippen LogP contribution is -2.48. The third-order valence-electron chi connectivity index (χ3n) is 2.55. The van der Waals surface area contributed by atoms with Crippen LogP contribution in [0.1, 0.15) is 25.6 Å². The van der Waals surface area contributed by atoms with E-state index < -0.39 is 6.04 Å². The first-order valence-electron chi connectivity index (χ1n) is 5.35. The fraction of sp³-hybridized carbons (Fsp3) is 0.583. The van der Waals surface area contributed by atoms with Crippen molar-refractivity contribution >= 4 is 17.2 Å². The van der Waals surface area contributed by atoms with Gasteiger partial charge in [-0.1, -0.05) is 26.8 Å². The summed E-state index contributed by atoms with van der Waals surface area (Å²) in [5, 5.41) is 2.01. The summed E-state index contributed by atoms with van der Waals surface area (Å²) in [6.07, 6.45) is 0. The van der Waals surface area contributed by atoms with Crippen LogP contribution >= 0.6 is 11.3 Å². The minimum atomic E-state index is -0.447. The summed E-state index contributed by atoms with van der Waals surface area (Å²) >= 11 is 1.65. The molecule has 1 heterocycles. The molecule has 2 N–H and O–H groups in total. The molecule has 0 aromatic carbocycles. The van der Waals surface area contributed by atoms with Gasteiger partial charge in [-0.15, -0.1) is 11.3 Å². The van der Waals surface area contributed by atoms with Gasteiger partial charge in [-0.25, -0.2) is 0 Å². The number of hydrogen-bond donors (Lipinski definition) is 1. The summed E-state index contributed by atoms with van der Waals surface area (Å²) in [6.45, 7) is 6.58. The molecule has 4 heteroatoms. The van der Waals surface area contributed by atoms with Gasteiger partial charge in [0.1, 0.15) is 0 Å². The maximum Gasteiger partial charge on any atom is 0.240 e. The van der Waals surface area contributed by atoms with Crippen LogP contribution in [0.15, 0.2) is 17.5 Å². The van der Waals surface area contributed by atoms with Gasteiger partial charge in [0.2, 0.25) is 5.91 Å². The number of nitrogens with zero attached hydrogens (tertiary/aromatic N) is 1. The normalized spacial score (nSPS) is 13.6. The second-order valence-corrected chi connectivity index (χ2v) is 6.15. The molecule has 0 saturated heterocycles. The minimum Gasteiger partial charge on any atom is -0.339 e. The van der Waals surface area contributed by atoms with Crippen molar-refractivity contribution in [3.8, 4) is 0 Å². The highest BCUT2D eigenvalue weighted by Crippen LogP contribution is 2.20. The van der Waals surface area contributed by atoms with Gasteiger partial charge in [0, 0.05) is 11.9 Å². The van der Waals surface area contributed by atoms with E-state index in [0.29, 0.717) is 6.54 Å². The van der Waals surface area contributed by atoms with E-state index >= 15 is 0 Å². The standard InChI is InChI=1S/C12H20N2OS/c1-12(2,3)10(13)11(15)14(4)8-9-6-5-7-16-9/h5-7,10H,8,13H2,1-4H3/t10-/m0/s1. The van der Waals surface area contributed by atoms with Crippen molar-refractivity contribution in [3.05, 3.63) is 22.4 Å². The molecule has 1 aromatic heterocycles. The smallest absolute Gasteiger partial charge is 0.240 e. The van der Waals surface area contributed by atoms with Crippen molar-refractivity contribution in [1.82, 2.24) is 4.90 Å². The summed E-state index contributed by atoms with van der Waals surface area (Å²) in [5.74, 6) is 0.000833. The van der Waals surface area contributed by atoms with Crippen LogP contribution in [0.5, 0.6) is 0 Å². The number of hydrogen-bond acceptors (Lipinski definition) is 3. The molecule has 16 heavy (non-hydrogen) atoms. The van der Waals surface area contributed by atoms with E-state index in [-0.39, 0.29) is 11.3 Å². The van der Waals surface area contributed by atoms with Gasteiger partial charge >= 0.3 is 0 Å².